The molecule has 0 aromatic rings. The summed E-state index contributed by atoms with van der Waals surface area (Å²) >= 11 is 5.58. The summed E-state index contributed by atoms with van der Waals surface area (Å²) < 4.78 is 0. The maximum Gasteiger partial charge on any atom is 0.328 e. The second kappa shape index (κ2) is 4.61. The van der Waals surface area contributed by atoms with E-state index in [9.17, 15) is 9.59 Å². The third-order valence-corrected chi connectivity index (χ3v) is 2.73. The van der Waals surface area contributed by atoms with Crippen LogP contribution in [0.15, 0.2) is 0 Å². The van der Waals surface area contributed by atoms with Crippen LogP contribution in [0.2, 0.25) is 0 Å². The Labute approximate surface area is 86.3 Å². The standard InChI is InChI=1S/C8H12ClNO4/c9-2-5-1-7(12)10(3-5)6(4-11)8(13)14/h5-6,11H,1-4H2,(H,13,14). The van der Waals surface area contributed by atoms with Gasteiger partial charge in [0.2, 0.25) is 5.91 Å². The average Bonchev–Trinajstić information content (AvgIpc) is 2.48. The molecule has 5 nitrogen and oxygen atoms in total. The Morgan fingerprint density at radius 1 is 1.71 bits per heavy atom. The number of amides is 1. The molecule has 1 aliphatic rings. The van der Waals surface area contributed by atoms with E-state index in [4.69, 9.17) is 21.8 Å². The first-order valence-electron chi connectivity index (χ1n) is 4.29. The molecule has 2 unspecified atom stereocenters. The number of carboxylic acids is 1. The zero-order valence-corrected chi connectivity index (χ0v) is 8.28. The van der Waals surface area contributed by atoms with Crippen LogP contribution >= 0.6 is 11.6 Å². The Balaban J connectivity index is 2.68. The smallest absolute Gasteiger partial charge is 0.328 e. The van der Waals surface area contributed by atoms with E-state index in [0.717, 1.165) is 0 Å². The molecule has 0 aliphatic carbocycles. The summed E-state index contributed by atoms with van der Waals surface area (Å²) in [6.07, 6.45) is 0.271. The van der Waals surface area contributed by atoms with E-state index in [1.54, 1.807) is 0 Å². The fourth-order valence-electron chi connectivity index (χ4n) is 1.52. The monoisotopic (exact) mass is 221 g/mol. The van der Waals surface area contributed by atoms with Gasteiger partial charge in [-0.2, -0.15) is 0 Å². The molecule has 0 aromatic carbocycles. The maximum absolute atomic E-state index is 11.3. The van der Waals surface area contributed by atoms with Gasteiger partial charge in [0.25, 0.3) is 0 Å². The molecule has 1 heterocycles. The molecule has 14 heavy (non-hydrogen) atoms. The molecule has 0 saturated carbocycles. The van der Waals surface area contributed by atoms with E-state index in [2.05, 4.69) is 0 Å². The lowest BCUT2D eigenvalue weighted by atomic mass is 10.1. The predicted octanol–water partition coefficient (Wildman–Crippen LogP) is -0.481. The van der Waals surface area contributed by atoms with E-state index in [-0.39, 0.29) is 18.2 Å². The summed E-state index contributed by atoms with van der Waals surface area (Å²) in [4.78, 5) is 23.2. The first-order chi connectivity index (χ1) is 6.60. The number of likely N-dealkylation sites (tertiary alicyclic amines) is 1. The molecule has 80 valence electrons. The normalized spacial score (nSPS) is 24.0. The van der Waals surface area contributed by atoms with Gasteiger partial charge in [0.1, 0.15) is 0 Å². The highest BCUT2D eigenvalue weighted by molar-refractivity contribution is 6.18. The van der Waals surface area contributed by atoms with Gasteiger partial charge in [0.05, 0.1) is 6.61 Å². The molecule has 1 saturated heterocycles. The number of carbonyl (C=O) groups is 2. The Hall–Kier alpha value is -0.810. The summed E-state index contributed by atoms with van der Waals surface area (Å²) in [6.45, 7) is -0.240. The van der Waals surface area contributed by atoms with E-state index >= 15 is 0 Å². The third kappa shape index (κ3) is 2.16. The first-order valence-corrected chi connectivity index (χ1v) is 4.82. The molecule has 0 aromatic heterocycles. The molecular weight excluding hydrogens is 210 g/mol. The third-order valence-electron chi connectivity index (χ3n) is 2.29. The molecule has 2 N–H and O–H groups in total. The summed E-state index contributed by atoms with van der Waals surface area (Å²) in [5.74, 6) is -1.11. The molecule has 1 fully saturated rings. The van der Waals surface area contributed by atoms with Crippen molar-refractivity contribution in [2.75, 3.05) is 19.0 Å². The Morgan fingerprint density at radius 3 is 2.71 bits per heavy atom. The Kier molecular flexibility index (Phi) is 3.71. The number of carboxylic acid groups (broad SMARTS) is 1. The minimum absolute atomic E-state index is 0.00225. The topological polar surface area (TPSA) is 77.8 Å². The lowest BCUT2D eigenvalue weighted by molar-refractivity contribution is -0.150. The van der Waals surface area contributed by atoms with E-state index < -0.39 is 18.6 Å². The van der Waals surface area contributed by atoms with Crippen LogP contribution in [0.25, 0.3) is 0 Å². The highest BCUT2D eigenvalue weighted by Crippen LogP contribution is 2.21. The molecule has 6 heteroatoms. The number of hydrogen-bond acceptors (Lipinski definition) is 3. The fourth-order valence-corrected chi connectivity index (χ4v) is 1.73. The quantitative estimate of drug-likeness (QED) is 0.629. The zero-order valence-electron chi connectivity index (χ0n) is 7.52. The largest absolute Gasteiger partial charge is 0.480 e. The number of alkyl halides is 1. The molecule has 0 spiro atoms. The Morgan fingerprint density at radius 2 is 2.36 bits per heavy atom. The van der Waals surface area contributed by atoms with Crippen LogP contribution in [-0.2, 0) is 9.59 Å². The SMILES string of the molecule is O=C(O)C(CO)N1CC(CCl)CC1=O. The van der Waals surface area contributed by atoms with Crippen molar-refractivity contribution in [2.24, 2.45) is 5.92 Å². The van der Waals surface area contributed by atoms with Gasteiger partial charge in [-0.15, -0.1) is 11.6 Å². The van der Waals surface area contributed by atoms with Crippen molar-refractivity contribution in [1.29, 1.82) is 0 Å². The molecule has 1 aliphatic heterocycles. The minimum atomic E-state index is -1.18. The van der Waals surface area contributed by atoms with Crippen molar-refractivity contribution in [3.8, 4) is 0 Å². The number of aliphatic hydroxyl groups is 1. The number of rotatable bonds is 4. The van der Waals surface area contributed by atoms with E-state index in [0.29, 0.717) is 12.4 Å². The maximum atomic E-state index is 11.3. The highest BCUT2D eigenvalue weighted by Gasteiger charge is 2.36. The van der Waals surface area contributed by atoms with Crippen molar-refractivity contribution in [2.45, 2.75) is 12.5 Å². The van der Waals surface area contributed by atoms with Gasteiger partial charge in [0, 0.05) is 18.8 Å². The van der Waals surface area contributed by atoms with Gasteiger partial charge in [-0.05, 0) is 5.92 Å². The summed E-state index contributed by atoms with van der Waals surface area (Å²) in [6, 6.07) is -1.13. The second-order valence-electron chi connectivity index (χ2n) is 3.31. The van der Waals surface area contributed by atoms with Gasteiger partial charge >= 0.3 is 5.97 Å². The molecular formula is C8H12ClNO4. The number of nitrogens with zero attached hydrogens (tertiary/aromatic N) is 1. The van der Waals surface area contributed by atoms with Crippen LogP contribution in [0.1, 0.15) is 6.42 Å². The van der Waals surface area contributed by atoms with Crippen molar-refractivity contribution < 1.29 is 19.8 Å². The fraction of sp³-hybridized carbons (Fsp3) is 0.750. The lowest BCUT2D eigenvalue weighted by Crippen LogP contribution is -2.44. The van der Waals surface area contributed by atoms with Crippen LogP contribution in [0.3, 0.4) is 0 Å². The van der Waals surface area contributed by atoms with Gasteiger partial charge in [-0.25, -0.2) is 4.79 Å². The molecule has 2 atom stereocenters. The van der Waals surface area contributed by atoms with Gasteiger partial charge in [-0.3, -0.25) is 4.79 Å². The van der Waals surface area contributed by atoms with Crippen molar-refractivity contribution in [3.63, 3.8) is 0 Å². The van der Waals surface area contributed by atoms with Crippen LogP contribution in [0, 0.1) is 5.92 Å². The number of hydrogen-bond donors (Lipinski definition) is 2. The molecule has 0 bridgehead atoms. The number of aliphatic hydroxyl groups excluding tert-OH is 1. The minimum Gasteiger partial charge on any atom is -0.480 e. The van der Waals surface area contributed by atoms with E-state index in [1.807, 2.05) is 0 Å². The summed E-state index contributed by atoms with van der Waals surface area (Å²) in [5, 5.41) is 17.5. The summed E-state index contributed by atoms with van der Waals surface area (Å²) in [7, 11) is 0. The number of carbonyl (C=O) groups excluding carboxylic acids is 1. The lowest BCUT2D eigenvalue weighted by Gasteiger charge is -2.22. The highest BCUT2D eigenvalue weighted by atomic mass is 35.5. The number of halogens is 1. The van der Waals surface area contributed by atoms with Crippen molar-refractivity contribution in [3.05, 3.63) is 0 Å². The van der Waals surface area contributed by atoms with Crippen LogP contribution < -0.4 is 0 Å². The molecule has 1 rings (SSSR count). The van der Waals surface area contributed by atoms with Crippen LogP contribution in [0.4, 0.5) is 0 Å². The second-order valence-corrected chi connectivity index (χ2v) is 3.62. The zero-order chi connectivity index (χ0) is 10.7. The number of aliphatic carboxylic acids is 1. The van der Waals surface area contributed by atoms with Gasteiger partial charge < -0.3 is 15.1 Å². The van der Waals surface area contributed by atoms with Gasteiger partial charge in [0.15, 0.2) is 6.04 Å². The first kappa shape index (κ1) is 11.3. The van der Waals surface area contributed by atoms with E-state index in [1.165, 1.54) is 4.90 Å². The predicted molar refractivity (Wildman–Crippen MR) is 49.0 cm³/mol. The van der Waals surface area contributed by atoms with Crippen LogP contribution in [0.5, 0.6) is 0 Å². The van der Waals surface area contributed by atoms with Crippen molar-refractivity contribution >= 4 is 23.5 Å². The van der Waals surface area contributed by atoms with Crippen LogP contribution in [-0.4, -0.2) is 52.1 Å². The summed E-state index contributed by atoms with van der Waals surface area (Å²) in [5.41, 5.74) is 0. The molecule has 0 radical (unpaired) electrons. The average molecular weight is 222 g/mol. The Bertz CT molecular complexity index is 245. The molecule has 1 amide bonds. The van der Waals surface area contributed by atoms with Gasteiger partial charge in [-0.1, -0.05) is 0 Å². The van der Waals surface area contributed by atoms with Crippen molar-refractivity contribution in [1.82, 2.24) is 4.90 Å².